The molecule has 1 N–H and O–H groups in total. The third kappa shape index (κ3) is 4.95. The molecule has 6 heteroatoms. The van der Waals surface area contributed by atoms with E-state index in [9.17, 15) is 9.59 Å². The topological polar surface area (TPSA) is 77.0 Å². The summed E-state index contributed by atoms with van der Waals surface area (Å²) >= 11 is 0. The van der Waals surface area contributed by atoms with Crippen molar-refractivity contribution in [2.75, 3.05) is 19.0 Å². The van der Waals surface area contributed by atoms with Gasteiger partial charge in [0.25, 0.3) is 5.91 Å². The first-order valence-electron chi connectivity index (χ1n) is 7.29. The number of benzene rings is 2. The lowest BCUT2D eigenvalue weighted by molar-refractivity contribution is -0.120. The van der Waals surface area contributed by atoms with Crippen LogP contribution < -0.4 is 5.32 Å². The number of ether oxygens (including phenoxy) is 1. The molecule has 2 aromatic rings. The lowest BCUT2D eigenvalue weighted by Gasteiger charge is -2.08. The van der Waals surface area contributed by atoms with E-state index in [1.807, 2.05) is 31.2 Å². The summed E-state index contributed by atoms with van der Waals surface area (Å²) in [5, 5.41) is 6.34. The fraction of sp³-hybridized carbons (Fsp3) is 0.167. The zero-order valence-corrected chi connectivity index (χ0v) is 13.5. The van der Waals surface area contributed by atoms with E-state index in [4.69, 9.17) is 4.84 Å². The molecule has 0 heterocycles. The predicted octanol–water partition coefficient (Wildman–Crippen LogP) is 2.77. The number of nitrogens with one attached hydrogen (secondary N) is 1. The maximum Gasteiger partial charge on any atom is 0.339 e. The van der Waals surface area contributed by atoms with Crippen molar-refractivity contribution in [1.82, 2.24) is 0 Å². The van der Waals surface area contributed by atoms with Crippen LogP contribution in [-0.2, 0) is 14.4 Å². The van der Waals surface area contributed by atoms with Gasteiger partial charge in [-0.3, -0.25) is 4.79 Å². The lowest BCUT2D eigenvalue weighted by Crippen LogP contribution is -2.19. The largest absolute Gasteiger partial charge is 0.465 e. The zero-order chi connectivity index (χ0) is 17.4. The number of hydrogen-bond acceptors (Lipinski definition) is 5. The first kappa shape index (κ1) is 17.2. The number of anilines is 1. The van der Waals surface area contributed by atoms with E-state index in [0.29, 0.717) is 5.69 Å². The molecule has 1 amide bonds. The van der Waals surface area contributed by atoms with Crippen LogP contribution >= 0.6 is 0 Å². The number of rotatable bonds is 6. The molecule has 0 bridgehead atoms. The van der Waals surface area contributed by atoms with E-state index in [1.165, 1.54) is 13.3 Å². The monoisotopic (exact) mass is 326 g/mol. The molecule has 0 aliphatic rings. The van der Waals surface area contributed by atoms with Gasteiger partial charge in [-0.25, -0.2) is 4.79 Å². The Hall–Kier alpha value is -3.15. The fourth-order valence-corrected chi connectivity index (χ4v) is 1.91. The Kier molecular flexibility index (Phi) is 6.08. The molecule has 0 atom stereocenters. The van der Waals surface area contributed by atoms with Gasteiger partial charge in [-0.1, -0.05) is 47.1 Å². The van der Waals surface area contributed by atoms with Crippen LogP contribution in [0.2, 0.25) is 0 Å². The quantitative estimate of drug-likeness (QED) is 0.503. The second-order valence-corrected chi connectivity index (χ2v) is 5.00. The molecule has 24 heavy (non-hydrogen) atoms. The number of methoxy groups -OCH3 is 1. The fourth-order valence-electron chi connectivity index (χ4n) is 1.91. The second-order valence-electron chi connectivity index (χ2n) is 5.00. The average Bonchev–Trinajstić information content (AvgIpc) is 2.60. The highest BCUT2D eigenvalue weighted by Gasteiger charge is 2.13. The summed E-state index contributed by atoms with van der Waals surface area (Å²) in [5.74, 6) is -0.948. The van der Waals surface area contributed by atoms with Gasteiger partial charge in [-0.05, 0) is 24.6 Å². The van der Waals surface area contributed by atoms with Crippen LogP contribution in [0.5, 0.6) is 0 Å². The van der Waals surface area contributed by atoms with Gasteiger partial charge in [0.1, 0.15) is 0 Å². The number of esters is 1. The molecule has 0 saturated carbocycles. The summed E-state index contributed by atoms with van der Waals surface area (Å²) < 4.78 is 4.67. The zero-order valence-electron chi connectivity index (χ0n) is 13.5. The van der Waals surface area contributed by atoms with E-state index in [-0.39, 0.29) is 12.2 Å². The Balaban J connectivity index is 1.88. The Bertz CT molecular complexity index is 739. The summed E-state index contributed by atoms with van der Waals surface area (Å²) in [6.07, 6.45) is 1.52. The van der Waals surface area contributed by atoms with Gasteiger partial charge in [0.15, 0.2) is 6.61 Å². The molecule has 2 rings (SSSR count). The van der Waals surface area contributed by atoms with Crippen LogP contribution in [0.3, 0.4) is 0 Å². The van der Waals surface area contributed by atoms with Crippen molar-refractivity contribution in [3.63, 3.8) is 0 Å². The van der Waals surface area contributed by atoms with Crippen LogP contribution in [0.15, 0.2) is 53.7 Å². The summed E-state index contributed by atoms with van der Waals surface area (Å²) in [4.78, 5) is 28.5. The minimum Gasteiger partial charge on any atom is -0.465 e. The lowest BCUT2D eigenvalue weighted by atomic mass is 10.2. The average molecular weight is 326 g/mol. The first-order chi connectivity index (χ1) is 11.6. The predicted molar refractivity (Wildman–Crippen MR) is 91.1 cm³/mol. The maximum atomic E-state index is 11.9. The van der Waals surface area contributed by atoms with E-state index in [0.717, 1.165) is 11.1 Å². The minimum absolute atomic E-state index is 0.266. The van der Waals surface area contributed by atoms with Crippen molar-refractivity contribution in [2.24, 2.45) is 5.16 Å². The molecule has 0 aliphatic carbocycles. The Morgan fingerprint density at radius 2 is 1.83 bits per heavy atom. The molecular formula is C18H18N2O4. The van der Waals surface area contributed by atoms with E-state index in [2.05, 4.69) is 15.2 Å². The number of para-hydroxylation sites is 1. The van der Waals surface area contributed by atoms with E-state index >= 15 is 0 Å². The molecule has 0 unspecified atom stereocenters. The Morgan fingerprint density at radius 1 is 1.12 bits per heavy atom. The number of oxime groups is 1. The van der Waals surface area contributed by atoms with Gasteiger partial charge in [0.2, 0.25) is 0 Å². The number of carbonyl (C=O) groups is 2. The van der Waals surface area contributed by atoms with E-state index < -0.39 is 11.9 Å². The molecule has 0 fully saturated rings. The third-order valence-electron chi connectivity index (χ3n) is 3.16. The smallest absolute Gasteiger partial charge is 0.339 e. The van der Waals surface area contributed by atoms with Gasteiger partial charge in [0.05, 0.1) is 24.6 Å². The molecule has 0 saturated heterocycles. The van der Waals surface area contributed by atoms with Crippen molar-refractivity contribution in [1.29, 1.82) is 0 Å². The van der Waals surface area contributed by atoms with E-state index in [1.54, 1.807) is 24.3 Å². The summed E-state index contributed by atoms with van der Waals surface area (Å²) in [7, 11) is 1.28. The van der Waals surface area contributed by atoms with Crippen molar-refractivity contribution in [2.45, 2.75) is 6.92 Å². The van der Waals surface area contributed by atoms with Crippen molar-refractivity contribution >= 4 is 23.8 Å². The number of aryl methyl sites for hydroxylation is 1. The van der Waals surface area contributed by atoms with Gasteiger partial charge in [0, 0.05) is 0 Å². The normalized spacial score (nSPS) is 10.4. The molecule has 124 valence electrons. The minimum atomic E-state index is -0.524. The Labute approximate surface area is 140 Å². The third-order valence-corrected chi connectivity index (χ3v) is 3.16. The number of amides is 1. The van der Waals surface area contributed by atoms with Crippen molar-refractivity contribution < 1.29 is 19.2 Å². The van der Waals surface area contributed by atoms with Gasteiger partial charge < -0.3 is 14.9 Å². The highest BCUT2D eigenvalue weighted by molar-refractivity contribution is 6.01. The summed E-state index contributed by atoms with van der Waals surface area (Å²) in [5.41, 5.74) is 2.66. The molecule has 0 aliphatic heterocycles. The highest BCUT2D eigenvalue weighted by atomic mass is 16.6. The van der Waals surface area contributed by atoms with Crippen LogP contribution in [0.1, 0.15) is 21.5 Å². The van der Waals surface area contributed by atoms with Crippen LogP contribution in [0, 0.1) is 6.92 Å². The van der Waals surface area contributed by atoms with Crippen LogP contribution in [0.4, 0.5) is 5.69 Å². The molecule has 0 aromatic heterocycles. The number of carbonyl (C=O) groups excluding carboxylic acids is 2. The van der Waals surface area contributed by atoms with Crippen LogP contribution in [-0.4, -0.2) is 31.8 Å². The number of nitrogens with zero attached hydrogens (tertiary/aromatic N) is 1. The van der Waals surface area contributed by atoms with Crippen molar-refractivity contribution in [3.05, 3.63) is 65.2 Å². The van der Waals surface area contributed by atoms with Crippen LogP contribution in [0.25, 0.3) is 0 Å². The van der Waals surface area contributed by atoms with Gasteiger partial charge in [-0.2, -0.15) is 0 Å². The summed E-state index contributed by atoms with van der Waals surface area (Å²) in [6, 6.07) is 14.3. The molecule has 0 radical (unpaired) electrons. The SMILES string of the molecule is COC(=O)c1ccccc1NC(=O)CO/N=C\c1ccc(C)cc1. The highest BCUT2D eigenvalue weighted by Crippen LogP contribution is 2.15. The molecule has 6 nitrogen and oxygen atoms in total. The van der Waals surface area contributed by atoms with Gasteiger partial charge >= 0.3 is 5.97 Å². The van der Waals surface area contributed by atoms with Gasteiger partial charge in [-0.15, -0.1) is 0 Å². The first-order valence-corrected chi connectivity index (χ1v) is 7.29. The molecule has 0 spiro atoms. The molecule has 2 aromatic carbocycles. The Morgan fingerprint density at radius 3 is 2.54 bits per heavy atom. The second kappa shape index (κ2) is 8.47. The van der Waals surface area contributed by atoms with Crippen molar-refractivity contribution in [3.8, 4) is 0 Å². The maximum absolute atomic E-state index is 11.9. The molecular weight excluding hydrogens is 308 g/mol. The summed E-state index contributed by atoms with van der Waals surface area (Å²) in [6.45, 7) is 1.73. The standard InChI is InChI=1S/C18H18N2O4/c1-13-7-9-14(10-8-13)11-19-24-12-17(21)20-16-6-4-3-5-15(16)18(22)23-2/h3-11H,12H2,1-2H3,(H,20,21)/b19-11-. The number of hydrogen-bond donors (Lipinski definition) is 1.